The molecule has 0 aliphatic heterocycles. The molecule has 0 radical (unpaired) electrons. The highest BCUT2D eigenvalue weighted by Crippen LogP contribution is 2.37. The van der Waals surface area contributed by atoms with Crippen molar-refractivity contribution in [3.05, 3.63) is 167 Å². The molecule has 1 atom stereocenters. The lowest BCUT2D eigenvalue weighted by atomic mass is 10.1. The number of rotatable bonds is 11. The van der Waals surface area contributed by atoms with E-state index in [4.69, 9.17) is 4.74 Å². The Morgan fingerprint density at radius 3 is 2.04 bits per heavy atom. The average molecular weight is 660 g/mol. The molecule has 0 saturated carbocycles. The predicted octanol–water partition coefficient (Wildman–Crippen LogP) is 7.49. The van der Waals surface area contributed by atoms with Gasteiger partial charge in [-0.3, -0.25) is 14.4 Å². The van der Waals surface area contributed by atoms with Gasteiger partial charge in [0.05, 0.1) is 18.4 Å². The molecule has 0 fully saturated rings. The number of thioether (sulfide) groups is 1. The van der Waals surface area contributed by atoms with E-state index >= 15 is 0 Å². The lowest BCUT2D eigenvalue weighted by Gasteiger charge is -2.18. The number of para-hydroxylation sites is 1. The molecule has 0 heterocycles. The zero-order valence-corrected chi connectivity index (χ0v) is 26.5. The number of esters is 1. The van der Waals surface area contributed by atoms with Crippen molar-refractivity contribution in [2.45, 2.75) is 10.1 Å². The zero-order chi connectivity index (χ0) is 33.9. The van der Waals surface area contributed by atoms with E-state index in [0.717, 1.165) is 10.5 Å². The van der Waals surface area contributed by atoms with E-state index in [-0.39, 0.29) is 22.7 Å². The number of anilines is 2. The fraction of sp³-hybridized carbons (Fsp3) is 0.0526. The molecule has 240 valence electrons. The molecule has 48 heavy (non-hydrogen) atoms. The number of halogens is 1. The van der Waals surface area contributed by atoms with Crippen LogP contribution in [0.3, 0.4) is 0 Å². The van der Waals surface area contributed by atoms with Gasteiger partial charge in [-0.1, -0.05) is 78.9 Å². The topological polar surface area (TPSA) is 114 Å². The second-order valence-electron chi connectivity index (χ2n) is 10.3. The predicted molar refractivity (Wildman–Crippen MR) is 185 cm³/mol. The van der Waals surface area contributed by atoms with Crippen molar-refractivity contribution in [2.24, 2.45) is 0 Å². The number of amides is 3. The first kappa shape index (κ1) is 33.4. The number of nitrogens with one attached hydrogen (secondary N) is 3. The lowest BCUT2D eigenvalue weighted by molar-refractivity contribution is -0.116. The standard InChI is InChI=1S/C38H30FN3O5S/c1-47-38(46)30-17-9-11-19-32(30)41-37(45)34(25-12-4-2-5-13-25)48-29-22-20-28(21-23-29)40-36(44)33(24-27-16-8-10-18-31(27)39)42-35(43)26-14-6-3-7-15-26/h2-24,34H,1H3,(H,40,44)(H,41,45)(H,42,43)/b33-24-. The maximum Gasteiger partial charge on any atom is 0.339 e. The van der Waals surface area contributed by atoms with Crippen molar-refractivity contribution in [3.8, 4) is 0 Å². The van der Waals surface area contributed by atoms with Crippen LogP contribution >= 0.6 is 11.8 Å². The Balaban J connectivity index is 1.34. The number of hydrogen-bond acceptors (Lipinski definition) is 6. The van der Waals surface area contributed by atoms with Crippen molar-refractivity contribution >= 4 is 52.9 Å². The van der Waals surface area contributed by atoms with Crippen LogP contribution in [0.1, 0.15) is 37.1 Å². The third-order valence-electron chi connectivity index (χ3n) is 7.03. The Bertz CT molecular complexity index is 1950. The quantitative estimate of drug-likeness (QED) is 0.0769. The van der Waals surface area contributed by atoms with Gasteiger partial charge < -0.3 is 20.7 Å². The van der Waals surface area contributed by atoms with Gasteiger partial charge in [-0.2, -0.15) is 0 Å². The van der Waals surface area contributed by atoms with E-state index in [1.54, 1.807) is 84.9 Å². The van der Waals surface area contributed by atoms with E-state index in [9.17, 15) is 23.6 Å². The summed E-state index contributed by atoms with van der Waals surface area (Å²) in [6.07, 6.45) is 1.27. The van der Waals surface area contributed by atoms with E-state index in [2.05, 4.69) is 16.0 Å². The first-order chi connectivity index (χ1) is 23.3. The SMILES string of the molecule is COC(=O)c1ccccc1NC(=O)C(Sc1ccc(NC(=O)/C(=C/c2ccccc2F)NC(=O)c2ccccc2)cc1)c1ccccc1. The molecule has 0 aliphatic carbocycles. The number of hydrogen-bond donors (Lipinski definition) is 3. The van der Waals surface area contributed by atoms with Gasteiger partial charge in [0.25, 0.3) is 11.8 Å². The molecule has 0 spiro atoms. The van der Waals surface area contributed by atoms with Crippen LogP contribution in [-0.2, 0) is 14.3 Å². The highest BCUT2D eigenvalue weighted by molar-refractivity contribution is 8.00. The maximum absolute atomic E-state index is 14.5. The number of benzene rings is 5. The van der Waals surface area contributed by atoms with Crippen molar-refractivity contribution in [1.82, 2.24) is 5.32 Å². The Hall–Kier alpha value is -6.00. The maximum atomic E-state index is 14.5. The number of ether oxygens (including phenoxy) is 1. The molecule has 10 heteroatoms. The minimum Gasteiger partial charge on any atom is -0.465 e. The molecule has 1 unspecified atom stereocenters. The Morgan fingerprint density at radius 1 is 0.729 bits per heavy atom. The van der Waals surface area contributed by atoms with Crippen LogP contribution in [0.15, 0.2) is 144 Å². The summed E-state index contributed by atoms with van der Waals surface area (Å²) in [6.45, 7) is 0. The molecule has 0 saturated heterocycles. The number of methoxy groups -OCH3 is 1. The van der Waals surface area contributed by atoms with Crippen LogP contribution in [0.25, 0.3) is 6.08 Å². The number of carbonyl (C=O) groups excluding carboxylic acids is 4. The molecule has 5 aromatic carbocycles. The smallest absolute Gasteiger partial charge is 0.339 e. The van der Waals surface area contributed by atoms with Crippen molar-refractivity contribution < 1.29 is 28.3 Å². The second-order valence-corrected chi connectivity index (χ2v) is 11.5. The van der Waals surface area contributed by atoms with Crippen LogP contribution in [0.4, 0.5) is 15.8 Å². The lowest BCUT2D eigenvalue weighted by Crippen LogP contribution is -2.30. The van der Waals surface area contributed by atoms with Gasteiger partial charge >= 0.3 is 5.97 Å². The molecule has 0 aliphatic rings. The highest BCUT2D eigenvalue weighted by atomic mass is 32.2. The van der Waals surface area contributed by atoms with E-state index < -0.39 is 28.9 Å². The van der Waals surface area contributed by atoms with Crippen molar-refractivity contribution in [3.63, 3.8) is 0 Å². The Kier molecular flexibility index (Phi) is 11.1. The largest absolute Gasteiger partial charge is 0.465 e. The first-order valence-electron chi connectivity index (χ1n) is 14.8. The van der Waals surface area contributed by atoms with Gasteiger partial charge in [-0.25, -0.2) is 9.18 Å². The minimum atomic E-state index is -0.694. The van der Waals surface area contributed by atoms with Gasteiger partial charge in [0.15, 0.2) is 0 Å². The highest BCUT2D eigenvalue weighted by Gasteiger charge is 2.24. The van der Waals surface area contributed by atoms with Crippen LogP contribution in [-0.4, -0.2) is 30.8 Å². The van der Waals surface area contributed by atoms with E-state index in [1.807, 2.05) is 30.3 Å². The fourth-order valence-corrected chi connectivity index (χ4v) is 5.65. The van der Waals surface area contributed by atoms with E-state index in [1.165, 1.54) is 43.1 Å². The molecule has 3 amide bonds. The van der Waals surface area contributed by atoms with Crippen LogP contribution in [0, 0.1) is 5.82 Å². The normalized spacial score (nSPS) is 11.6. The van der Waals surface area contributed by atoms with Gasteiger partial charge in [-0.15, -0.1) is 11.8 Å². The average Bonchev–Trinajstić information content (AvgIpc) is 3.12. The van der Waals surface area contributed by atoms with Gasteiger partial charge in [0, 0.05) is 21.7 Å². The van der Waals surface area contributed by atoms with Crippen LogP contribution < -0.4 is 16.0 Å². The summed E-state index contributed by atoms with van der Waals surface area (Å²) >= 11 is 1.28. The molecule has 0 aromatic heterocycles. The zero-order valence-electron chi connectivity index (χ0n) is 25.7. The Morgan fingerprint density at radius 2 is 1.35 bits per heavy atom. The summed E-state index contributed by atoms with van der Waals surface area (Å²) in [5.41, 5.74) is 2.01. The van der Waals surface area contributed by atoms with Gasteiger partial charge in [0.2, 0.25) is 5.91 Å². The fourth-order valence-electron chi connectivity index (χ4n) is 4.62. The summed E-state index contributed by atoms with van der Waals surface area (Å²) in [4.78, 5) is 52.9. The first-order valence-corrected chi connectivity index (χ1v) is 15.6. The molecular formula is C38H30FN3O5S. The Labute approximate surface area is 281 Å². The summed E-state index contributed by atoms with van der Waals surface area (Å²) in [7, 11) is 1.27. The summed E-state index contributed by atoms with van der Waals surface area (Å²) in [6, 6.07) is 36.9. The molecular weight excluding hydrogens is 629 g/mol. The van der Waals surface area contributed by atoms with Crippen molar-refractivity contribution in [1.29, 1.82) is 0 Å². The molecule has 3 N–H and O–H groups in total. The van der Waals surface area contributed by atoms with Gasteiger partial charge in [0.1, 0.15) is 16.8 Å². The molecule has 5 aromatic rings. The number of carbonyl (C=O) groups is 4. The summed E-state index contributed by atoms with van der Waals surface area (Å²) < 4.78 is 19.3. The van der Waals surface area contributed by atoms with E-state index in [0.29, 0.717) is 16.9 Å². The monoisotopic (exact) mass is 659 g/mol. The molecule has 8 nitrogen and oxygen atoms in total. The van der Waals surface area contributed by atoms with Gasteiger partial charge in [-0.05, 0) is 66.2 Å². The van der Waals surface area contributed by atoms with Crippen LogP contribution in [0.2, 0.25) is 0 Å². The molecule has 5 rings (SSSR count). The summed E-state index contributed by atoms with van der Waals surface area (Å²) in [5, 5.41) is 7.52. The van der Waals surface area contributed by atoms with Crippen molar-refractivity contribution in [2.75, 3.05) is 17.7 Å². The summed E-state index contributed by atoms with van der Waals surface area (Å²) in [5.74, 6) is -2.66. The third-order valence-corrected chi connectivity index (χ3v) is 8.30. The second kappa shape index (κ2) is 16.0. The third kappa shape index (κ3) is 8.62. The molecule has 0 bridgehead atoms. The minimum absolute atomic E-state index is 0.127. The van der Waals surface area contributed by atoms with Crippen LogP contribution in [0.5, 0.6) is 0 Å².